The highest BCUT2D eigenvalue weighted by Crippen LogP contribution is 2.27. The van der Waals surface area contributed by atoms with E-state index in [1.807, 2.05) is 60.7 Å². The van der Waals surface area contributed by atoms with Gasteiger partial charge in [-0.25, -0.2) is 0 Å². The first-order valence-electron chi connectivity index (χ1n) is 9.85. The van der Waals surface area contributed by atoms with E-state index in [0.717, 1.165) is 17.5 Å². The van der Waals surface area contributed by atoms with E-state index < -0.39 is 0 Å². The van der Waals surface area contributed by atoms with Crippen LogP contribution in [0.15, 0.2) is 78.9 Å². The topological polar surface area (TPSA) is 38.3 Å². The maximum Gasteiger partial charge on any atom is 0.255 e. The van der Waals surface area contributed by atoms with Crippen molar-refractivity contribution in [1.82, 2.24) is 5.32 Å². The van der Waals surface area contributed by atoms with Crippen LogP contribution in [-0.2, 0) is 6.61 Å². The van der Waals surface area contributed by atoms with Gasteiger partial charge in [-0.2, -0.15) is 0 Å². The van der Waals surface area contributed by atoms with Gasteiger partial charge in [0.2, 0.25) is 0 Å². The van der Waals surface area contributed by atoms with Gasteiger partial charge < -0.3 is 10.1 Å². The summed E-state index contributed by atoms with van der Waals surface area (Å²) < 4.78 is 5.95. The molecule has 1 N–H and O–H groups in total. The second-order valence-corrected chi connectivity index (χ2v) is 7.92. The molecule has 0 spiro atoms. The summed E-state index contributed by atoms with van der Waals surface area (Å²) >= 11 is 6.18. The average Bonchev–Trinajstić information content (AvgIpc) is 2.73. The summed E-state index contributed by atoms with van der Waals surface area (Å²) in [6, 6.07) is 25.0. The van der Waals surface area contributed by atoms with Crippen molar-refractivity contribution < 1.29 is 9.53 Å². The maximum absolute atomic E-state index is 13.1. The molecule has 3 rings (SSSR count). The molecule has 4 heteroatoms. The standard InChI is InChI=1S/C25H26ClNO2/c1-18(2)15-23(20-11-7-4-8-12-20)27-25(28)22-16-21(26)13-14-24(22)29-17-19-9-5-3-6-10-19/h3-14,16,18,23H,15,17H2,1-2H3,(H,27,28)/t23-/m1/s1. The molecule has 3 aromatic carbocycles. The Morgan fingerprint density at radius 1 is 0.966 bits per heavy atom. The molecule has 1 atom stereocenters. The minimum absolute atomic E-state index is 0.0790. The van der Waals surface area contributed by atoms with Gasteiger partial charge in [-0.1, -0.05) is 86.1 Å². The number of amides is 1. The van der Waals surface area contributed by atoms with E-state index in [1.165, 1.54) is 0 Å². The van der Waals surface area contributed by atoms with Crippen LogP contribution in [0.3, 0.4) is 0 Å². The molecule has 29 heavy (non-hydrogen) atoms. The minimum atomic E-state index is -0.190. The number of hydrogen-bond donors (Lipinski definition) is 1. The lowest BCUT2D eigenvalue weighted by Gasteiger charge is -2.22. The Hall–Kier alpha value is -2.78. The Bertz CT molecular complexity index is 926. The number of halogens is 1. The van der Waals surface area contributed by atoms with Gasteiger partial charge in [0, 0.05) is 5.02 Å². The van der Waals surface area contributed by atoms with Gasteiger partial charge in [0.1, 0.15) is 12.4 Å². The largest absolute Gasteiger partial charge is 0.488 e. The molecule has 150 valence electrons. The van der Waals surface area contributed by atoms with E-state index in [1.54, 1.807) is 18.2 Å². The molecular weight excluding hydrogens is 382 g/mol. The summed E-state index contributed by atoms with van der Waals surface area (Å²) in [5.41, 5.74) is 2.57. The van der Waals surface area contributed by atoms with E-state index in [9.17, 15) is 4.79 Å². The molecule has 0 fully saturated rings. The average molecular weight is 408 g/mol. The van der Waals surface area contributed by atoms with E-state index >= 15 is 0 Å². The molecule has 0 radical (unpaired) electrons. The van der Waals surface area contributed by atoms with E-state index in [-0.39, 0.29) is 11.9 Å². The molecule has 0 aromatic heterocycles. The second kappa shape index (κ2) is 10.1. The molecule has 0 unspecified atom stereocenters. The summed E-state index contributed by atoms with van der Waals surface area (Å²) in [5, 5.41) is 3.67. The lowest BCUT2D eigenvalue weighted by Crippen LogP contribution is -2.30. The van der Waals surface area contributed by atoms with Gasteiger partial charge in [-0.05, 0) is 41.7 Å². The lowest BCUT2D eigenvalue weighted by molar-refractivity contribution is 0.0927. The SMILES string of the molecule is CC(C)C[C@@H](NC(=O)c1cc(Cl)ccc1OCc1ccccc1)c1ccccc1. The van der Waals surface area contributed by atoms with Gasteiger partial charge in [0.15, 0.2) is 0 Å². The molecule has 0 saturated carbocycles. The summed E-state index contributed by atoms with van der Waals surface area (Å²) in [6.45, 7) is 4.68. The van der Waals surface area contributed by atoms with Crippen molar-refractivity contribution in [3.8, 4) is 5.75 Å². The van der Waals surface area contributed by atoms with Gasteiger partial charge >= 0.3 is 0 Å². The number of ether oxygens (including phenoxy) is 1. The number of nitrogens with one attached hydrogen (secondary N) is 1. The predicted molar refractivity (Wildman–Crippen MR) is 118 cm³/mol. The van der Waals surface area contributed by atoms with Crippen LogP contribution in [0, 0.1) is 5.92 Å². The Labute approximate surface area is 177 Å². The van der Waals surface area contributed by atoms with Crippen molar-refractivity contribution in [1.29, 1.82) is 0 Å². The fraction of sp³-hybridized carbons (Fsp3) is 0.240. The molecule has 0 aliphatic heterocycles. The van der Waals surface area contributed by atoms with Gasteiger partial charge in [0.05, 0.1) is 11.6 Å². The number of carbonyl (C=O) groups is 1. The minimum Gasteiger partial charge on any atom is -0.488 e. The van der Waals surface area contributed by atoms with Crippen molar-refractivity contribution in [3.05, 3.63) is 101 Å². The van der Waals surface area contributed by atoms with Crippen LogP contribution in [0.25, 0.3) is 0 Å². The van der Waals surface area contributed by atoms with Crippen LogP contribution >= 0.6 is 11.6 Å². The summed E-state index contributed by atoms with van der Waals surface area (Å²) in [7, 11) is 0. The van der Waals surface area contributed by atoms with Crippen molar-refractivity contribution in [2.75, 3.05) is 0 Å². The molecule has 1 amide bonds. The van der Waals surface area contributed by atoms with E-state index in [0.29, 0.717) is 28.9 Å². The van der Waals surface area contributed by atoms with Gasteiger partial charge in [-0.3, -0.25) is 4.79 Å². The van der Waals surface area contributed by atoms with Crippen molar-refractivity contribution in [2.45, 2.75) is 32.9 Å². The Morgan fingerprint density at radius 3 is 2.28 bits per heavy atom. The molecule has 0 aliphatic carbocycles. The molecule has 0 saturated heterocycles. The zero-order valence-corrected chi connectivity index (χ0v) is 17.5. The summed E-state index contributed by atoms with van der Waals surface area (Å²) in [4.78, 5) is 13.1. The first kappa shape index (κ1) is 20.9. The highest BCUT2D eigenvalue weighted by atomic mass is 35.5. The van der Waals surface area contributed by atoms with Crippen LogP contribution in [0.1, 0.15) is 47.8 Å². The first-order valence-corrected chi connectivity index (χ1v) is 10.2. The second-order valence-electron chi connectivity index (χ2n) is 7.48. The fourth-order valence-corrected chi connectivity index (χ4v) is 3.38. The van der Waals surface area contributed by atoms with Crippen molar-refractivity contribution >= 4 is 17.5 Å². The van der Waals surface area contributed by atoms with Crippen molar-refractivity contribution in [2.24, 2.45) is 5.92 Å². The highest BCUT2D eigenvalue weighted by molar-refractivity contribution is 6.31. The van der Waals surface area contributed by atoms with Crippen LogP contribution in [0.2, 0.25) is 5.02 Å². The lowest BCUT2D eigenvalue weighted by atomic mass is 9.96. The number of benzene rings is 3. The van der Waals surface area contributed by atoms with Crippen LogP contribution in [0.4, 0.5) is 0 Å². The van der Waals surface area contributed by atoms with Gasteiger partial charge in [-0.15, -0.1) is 0 Å². The monoisotopic (exact) mass is 407 g/mol. The zero-order valence-electron chi connectivity index (χ0n) is 16.8. The van der Waals surface area contributed by atoms with Crippen LogP contribution in [0.5, 0.6) is 5.75 Å². The predicted octanol–water partition coefficient (Wildman–Crippen LogP) is 6.44. The third-order valence-electron chi connectivity index (χ3n) is 4.64. The Kier molecular flexibility index (Phi) is 7.31. The smallest absolute Gasteiger partial charge is 0.255 e. The molecule has 0 heterocycles. The normalized spacial score (nSPS) is 11.9. The summed E-state index contributed by atoms with van der Waals surface area (Å²) in [6.07, 6.45) is 0.844. The number of hydrogen-bond acceptors (Lipinski definition) is 2. The zero-order chi connectivity index (χ0) is 20.6. The number of carbonyl (C=O) groups excluding carboxylic acids is 1. The molecular formula is C25H26ClNO2. The Morgan fingerprint density at radius 2 is 1.62 bits per heavy atom. The first-order chi connectivity index (χ1) is 14.0. The van der Waals surface area contributed by atoms with E-state index in [4.69, 9.17) is 16.3 Å². The maximum atomic E-state index is 13.1. The number of rotatable bonds is 8. The Balaban J connectivity index is 1.80. The molecule has 3 aromatic rings. The van der Waals surface area contributed by atoms with Gasteiger partial charge in [0.25, 0.3) is 5.91 Å². The molecule has 0 bridgehead atoms. The molecule has 0 aliphatic rings. The third kappa shape index (κ3) is 6.10. The highest BCUT2D eigenvalue weighted by Gasteiger charge is 2.20. The van der Waals surface area contributed by atoms with E-state index in [2.05, 4.69) is 19.2 Å². The van der Waals surface area contributed by atoms with Crippen molar-refractivity contribution in [3.63, 3.8) is 0 Å². The quantitative estimate of drug-likeness (QED) is 0.466. The van der Waals surface area contributed by atoms with Crippen LogP contribution < -0.4 is 10.1 Å². The summed E-state index contributed by atoms with van der Waals surface area (Å²) in [5.74, 6) is 0.769. The fourth-order valence-electron chi connectivity index (χ4n) is 3.21. The molecule has 3 nitrogen and oxygen atoms in total. The third-order valence-corrected chi connectivity index (χ3v) is 4.87. The van der Waals surface area contributed by atoms with Crippen LogP contribution in [-0.4, -0.2) is 5.91 Å².